The van der Waals surface area contributed by atoms with Gasteiger partial charge >= 0.3 is 0 Å². The highest BCUT2D eigenvalue weighted by molar-refractivity contribution is 7.24. The van der Waals surface area contributed by atoms with Crippen molar-refractivity contribution in [1.29, 1.82) is 0 Å². The Labute approximate surface area is 331 Å². The first-order valence-electron chi connectivity index (χ1n) is 18.9. The molecule has 0 saturated heterocycles. The molecule has 55 heavy (non-hydrogen) atoms. The number of carbonyl (C=O) groups excluding carboxylic acids is 1. The van der Waals surface area contributed by atoms with Crippen molar-refractivity contribution < 1.29 is 4.79 Å². The Hall–Kier alpha value is -6.01. The molecule has 0 saturated carbocycles. The van der Waals surface area contributed by atoms with Crippen LogP contribution in [0.5, 0.6) is 0 Å². The first-order chi connectivity index (χ1) is 27.1. The van der Waals surface area contributed by atoms with Gasteiger partial charge in [-0.1, -0.05) is 92.7 Å². The van der Waals surface area contributed by atoms with E-state index in [-0.39, 0.29) is 5.41 Å². The lowest BCUT2D eigenvalue weighted by Crippen LogP contribution is -2.24. The quantitative estimate of drug-likeness (QED) is 0.123. The minimum Gasteiger partial charge on any atom is -0.310 e. The smallest absolute Gasteiger partial charge is 0.160 e. The summed E-state index contributed by atoms with van der Waals surface area (Å²) >= 11 is 3.30. The van der Waals surface area contributed by atoms with E-state index in [9.17, 15) is 4.79 Å². The van der Waals surface area contributed by atoms with Crippen molar-refractivity contribution in [3.05, 3.63) is 192 Å². The Bertz CT molecular complexity index is 2550. The van der Waals surface area contributed by atoms with E-state index < -0.39 is 0 Å². The molecule has 9 rings (SSSR count). The average molecular weight is 749 g/mol. The van der Waals surface area contributed by atoms with Crippen molar-refractivity contribution in [2.24, 2.45) is 0 Å². The highest BCUT2D eigenvalue weighted by Crippen LogP contribution is 2.55. The van der Waals surface area contributed by atoms with E-state index in [0.717, 1.165) is 57.3 Å². The lowest BCUT2D eigenvalue weighted by Gasteiger charge is -2.33. The monoisotopic (exact) mass is 748 g/mol. The molecule has 0 bridgehead atoms. The number of rotatable bonds is 11. The number of nitrogens with zero attached hydrogens (tertiary/aromatic N) is 2. The zero-order valence-electron chi connectivity index (χ0n) is 30.9. The predicted molar refractivity (Wildman–Crippen MR) is 235 cm³/mol. The van der Waals surface area contributed by atoms with Crippen molar-refractivity contribution in [1.82, 2.24) is 0 Å². The van der Waals surface area contributed by atoms with Gasteiger partial charge < -0.3 is 9.80 Å². The van der Waals surface area contributed by atoms with Crippen LogP contribution in [0, 0.1) is 0 Å². The molecule has 0 unspecified atom stereocenters. The molecule has 0 fully saturated rings. The minimum atomic E-state index is -0.131. The number of thiophene rings is 2. The lowest BCUT2D eigenvalue weighted by molar-refractivity contribution is 0.112. The highest BCUT2D eigenvalue weighted by atomic mass is 32.1. The van der Waals surface area contributed by atoms with Gasteiger partial charge in [0.1, 0.15) is 0 Å². The van der Waals surface area contributed by atoms with Gasteiger partial charge in [-0.15, -0.1) is 22.7 Å². The normalized spacial score (nSPS) is 12.5. The predicted octanol–water partition coefficient (Wildman–Crippen LogP) is 15.0. The van der Waals surface area contributed by atoms with E-state index in [4.69, 9.17) is 0 Å². The summed E-state index contributed by atoms with van der Waals surface area (Å²) in [5.74, 6) is 0. The van der Waals surface area contributed by atoms with E-state index in [1.807, 2.05) is 12.1 Å². The topological polar surface area (TPSA) is 23.6 Å². The summed E-state index contributed by atoms with van der Waals surface area (Å²) in [6.45, 7) is 4.69. The molecule has 0 N–H and O–H groups in total. The number of benzene rings is 6. The molecule has 8 aromatic rings. The van der Waals surface area contributed by atoms with Gasteiger partial charge in [-0.05, 0) is 138 Å². The number of hydrogen-bond donors (Lipinski definition) is 0. The van der Waals surface area contributed by atoms with Gasteiger partial charge in [-0.25, -0.2) is 0 Å². The third-order valence-corrected chi connectivity index (χ3v) is 13.4. The van der Waals surface area contributed by atoms with Crippen LogP contribution in [0.3, 0.4) is 0 Å². The lowest BCUT2D eigenvalue weighted by atomic mass is 9.73. The molecule has 2 heterocycles. The number of para-hydroxylation sites is 3. The largest absolute Gasteiger partial charge is 0.310 e. The van der Waals surface area contributed by atoms with E-state index in [0.29, 0.717) is 0 Å². The number of aldehydes is 1. The van der Waals surface area contributed by atoms with E-state index in [1.54, 1.807) is 11.3 Å². The van der Waals surface area contributed by atoms with Gasteiger partial charge in [0, 0.05) is 54.2 Å². The molecule has 0 amide bonds. The van der Waals surface area contributed by atoms with Crippen molar-refractivity contribution in [3.8, 4) is 31.3 Å². The molecule has 0 radical (unpaired) electrons. The third-order valence-electron chi connectivity index (χ3n) is 11.1. The Kier molecular flexibility index (Phi) is 9.27. The Balaban J connectivity index is 1.10. The molecule has 2 aromatic heterocycles. The zero-order chi connectivity index (χ0) is 37.4. The molecule has 3 nitrogen and oxygen atoms in total. The van der Waals surface area contributed by atoms with Crippen molar-refractivity contribution in [2.75, 3.05) is 9.80 Å². The Morgan fingerprint density at radius 2 is 0.873 bits per heavy atom. The summed E-state index contributed by atoms with van der Waals surface area (Å²) in [5.41, 5.74) is 13.3. The van der Waals surface area contributed by atoms with Crippen molar-refractivity contribution in [2.45, 2.75) is 32.1 Å². The molecule has 5 heteroatoms. The van der Waals surface area contributed by atoms with Crippen molar-refractivity contribution >= 4 is 63.1 Å². The van der Waals surface area contributed by atoms with Gasteiger partial charge in [0.2, 0.25) is 0 Å². The summed E-state index contributed by atoms with van der Waals surface area (Å²) in [7, 11) is 0. The molecular weight excluding hydrogens is 709 g/mol. The fourth-order valence-corrected chi connectivity index (χ4v) is 10.3. The Morgan fingerprint density at radius 1 is 0.455 bits per heavy atom. The summed E-state index contributed by atoms with van der Waals surface area (Å²) < 4.78 is 0. The first-order valence-corrected chi connectivity index (χ1v) is 20.5. The van der Waals surface area contributed by atoms with Gasteiger partial charge in [-0.2, -0.15) is 0 Å². The van der Waals surface area contributed by atoms with Gasteiger partial charge in [0.05, 0.1) is 4.88 Å². The SMILES string of the molecule is CCC1(CC)c2cc(N(c3ccccc3)c3ccccc3)ccc2-c2ccc(N(c3ccccc3)c3ccc(-c4ccc(-c5ccc(C=O)s5)s4)cc3)cc21. The van der Waals surface area contributed by atoms with E-state index >= 15 is 0 Å². The van der Waals surface area contributed by atoms with Crippen LogP contribution in [-0.4, -0.2) is 6.29 Å². The molecular formula is C50H40N2OS2. The van der Waals surface area contributed by atoms with Gasteiger partial charge in [0.15, 0.2) is 6.29 Å². The van der Waals surface area contributed by atoms with Crippen LogP contribution in [0.4, 0.5) is 34.1 Å². The van der Waals surface area contributed by atoms with Gasteiger partial charge in [-0.3, -0.25) is 4.79 Å². The van der Waals surface area contributed by atoms with E-state index in [1.165, 1.54) is 54.6 Å². The van der Waals surface area contributed by atoms with Crippen LogP contribution in [0.15, 0.2) is 176 Å². The van der Waals surface area contributed by atoms with Crippen LogP contribution in [-0.2, 0) is 5.41 Å². The maximum absolute atomic E-state index is 11.3. The second-order valence-electron chi connectivity index (χ2n) is 14.0. The van der Waals surface area contributed by atoms with Crippen LogP contribution in [0.1, 0.15) is 47.5 Å². The number of anilines is 6. The number of fused-ring (bicyclic) bond motifs is 3. The van der Waals surface area contributed by atoms with Crippen LogP contribution >= 0.6 is 22.7 Å². The average Bonchev–Trinajstić information content (AvgIpc) is 4.00. The fraction of sp³-hybridized carbons (Fsp3) is 0.100. The maximum atomic E-state index is 11.3. The highest BCUT2D eigenvalue weighted by Gasteiger charge is 2.41. The standard InChI is InChI=1S/C50H40N2OS2/c1-3-50(4-2)45-32-40(51(36-14-8-5-9-15-36)37-16-10-6-11-17-37)24-27-43(45)44-28-25-41(33-46(44)50)52(38-18-12-7-13-19-38)39-22-20-35(21-23-39)47-30-31-49(55-47)48-29-26-42(34-53)54-48/h5-34H,3-4H2,1-2H3. The number of carbonyl (C=O) groups is 1. The van der Waals surface area contributed by atoms with Crippen LogP contribution in [0.25, 0.3) is 31.3 Å². The molecule has 1 aliphatic rings. The zero-order valence-corrected chi connectivity index (χ0v) is 32.5. The third kappa shape index (κ3) is 6.20. The summed E-state index contributed by atoms with van der Waals surface area (Å²) in [6, 6.07) is 63.4. The van der Waals surface area contributed by atoms with Gasteiger partial charge in [0.25, 0.3) is 0 Å². The van der Waals surface area contributed by atoms with E-state index in [2.05, 4.69) is 187 Å². The Morgan fingerprint density at radius 3 is 1.33 bits per heavy atom. The summed E-state index contributed by atoms with van der Waals surface area (Å²) in [6.07, 6.45) is 2.92. The molecule has 0 aliphatic heterocycles. The fourth-order valence-electron chi connectivity index (χ4n) is 8.34. The second kappa shape index (κ2) is 14.7. The molecule has 268 valence electrons. The van der Waals surface area contributed by atoms with Crippen molar-refractivity contribution in [3.63, 3.8) is 0 Å². The molecule has 6 aromatic carbocycles. The maximum Gasteiger partial charge on any atom is 0.160 e. The minimum absolute atomic E-state index is 0.131. The molecule has 1 aliphatic carbocycles. The van der Waals surface area contributed by atoms with Crippen LogP contribution < -0.4 is 9.80 Å². The molecule has 0 atom stereocenters. The summed E-state index contributed by atoms with van der Waals surface area (Å²) in [5, 5.41) is 0. The molecule has 0 spiro atoms. The van der Waals surface area contributed by atoms with Crippen LogP contribution in [0.2, 0.25) is 0 Å². The number of hydrogen-bond acceptors (Lipinski definition) is 5. The summed E-state index contributed by atoms with van der Waals surface area (Å²) in [4.78, 5) is 20.3. The first kappa shape index (κ1) is 34.7. The second-order valence-corrected chi connectivity index (χ2v) is 16.2.